The van der Waals surface area contributed by atoms with Crippen LogP contribution in [-0.2, 0) is 4.87 Å². The molecule has 1 fully saturated rings. The first-order valence-corrected chi connectivity index (χ1v) is 6.81. The monoisotopic (exact) mass is 252 g/mol. The van der Waals surface area contributed by atoms with Crippen molar-refractivity contribution < 1.29 is 0 Å². The van der Waals surface area contributed by atoms with E-state index in [1.165, 1.54) is 24.8 Å². The lowest BCUT2D eigenvalue weighted by Gasteiger charge is -2.39. The molecule has 0 bridgehead atoms. The molecule has 0 saturated heterocycles. The van der Waals surface area contributed by atoms with Crippen LogP contribution in [0, 0.1) is 12.8 Å². The molecular weight excluding hydrogens is 232 g/mol. The van der Waals surface area contributed by atoms with Crippen molar-refractivity contribution in [3.63, 3.8) is 0 Å². The van der Waals surface area contributed by atoms with Gasteiger partial charge in [-0.25, -0.2) is 0 Å². The van der Waals surface area contributed by atoms with Crippen molar-refractivity contribution >= 4 is 11.6 Å². The van der Waals surface area contributed by atoms with Crippen molar-refractivity contribution in [2.24, 2.45) is 5.92 Å². The summed E-state index contributed by atoms with van der Waals surface area (Å²) in [5.41, 5.74) is 2.29. The predicted octanol–water partition coefficient (Wildman–Crippen LogP) is 3.23. The van der Waals surface area contributed by atoms with E-state index in [-0.39, 0.29) is 4.87 Å². The summed E-state index contributed by atoms with van der Waals surface area (Å²) < 4.78 is 0. The van der Waals surface area contributed by atoms with Gasteiger partial charge in [-0.3, -0.25) is 4.98 Å². The van der Waals surface area contributed by atoms with Crippen LogP contribution in [0.25, 0.3) is 0 Å². The summed E-state index contributed by atoms with van der Waals surface area (Å²) in [6, 6.07) is 4.17. The first-order chi connectivity index (χ1) is 8.16. The fourth-order valence-corrected chi connectivity index (χ4v) is 3.24. The van der Waals surface area contributed by atoms with Crippen molar-refractivity contribution in [3.8, 4) is 0 Å². The number of pyridine rings is 1. The average molecular weight is 253 g/mol. The molecule has 1 heterocycles. The van der Waals surface area contributed by atoms with Gasteiger partial charge >= 0.3 is 0 Å². The molecule has 1 N–H and O–H groups in total. The molecule has 3 heteroatoms. The van der Waals surface area contributed by atoms with Crippen LogP contribution in [0.2, 0.25) is 0 Å². The molecule has 0 radical (unpaired) electrons. The first-order valence-electron chi connectivity index (χ1n) is 6.43. The highest BCUT2D eigenvalue weighted by Gasteiger charge is 2.41. The molecule has 1 saturated carbocycles. The molecule has 0 aliphatic heterocycles. The van der Waals surface area contributed by atoms with Crippen LogP contribution in [0.4, 0.5) is 0 Å². The van der Waals surface area contributed by atoms with Crippen LogP contribution < -0.4 is 5.32 Å². The van der Waals surface area contributed by atoms with E-state index in [0.717, 1.165) is 18.7 Å². The van der Waals surface area contributed by atoms with Crippen LogP contribution in [0.5, 0.6) is 0 Å². The summed E-state index contributed by atoms with van der Waals surface area (Å²) in [6.07, 6.45) is 6.60. The van der Waals surface area contributed by atoms with Gasteiger partial charge in [-0.1, -0.05) is 12.8 Å². The Bertz CT molecular complexity index is 378. The van der Waals surface area contributed by atoms with Gasteiger partial charge in [0.05, 0.1) is 10.6 Å². The number of aryl methyl sites for hydroxylation is 1. The van der Waals surface area contributed by atoms with E-state index in [0.29, 0.717) is 5.92 Å². The lowest BCUT2D eigenvalue weighted by atomic mass is 9.76. The highest BCUT2D eigenvalue weighted by molar-refractivity contribution is 6.24. The zero-order valence-electron chi connectivity index (χ0n) is 10.7. The molecule has 1 aliphatic carbocycles. The third-order valence-corrected chi connectivity index (χ3v) is 4.47. The van der Waals surface area contributed by atoms with E-state index in [9.17, 15) is 0 Å². The predicted molar refractivity (Wildman–Crippen MR) is 72.4 cm³/mol. The molecule has 1 aliphatic rings. The molecule has 2 unspecified atom stereocenters. The molecule has 2 rings (SSSR count). The second kappa shape index (κ2) is 5.36. The Morgan fingerprint density at radius 2 is 2.35 bits per heavy atom. The Balaban J connectivity index is 2.30. The second-order valence-corrected chi connectivity index (χ2v) is 5.76. The summed E-state index contributed by atoms with van der Waals surface area (Å²) in [4.78, 5) is 4.24. The summed E-state index contributed by atoms with van der Waals surface area (Å²) >= 11 is 6.91. The van der Waals surface area contributed by atoms with Crippen molar-refractivity contribution in [2.45, 2.75) is 37.5 Å². The Hall–Kier alpha value is -0.600. The number of rotatable bonds is 3. The molecule has 17 heavy (non-hydrogen) atoms. The molecule has 94 valence electrons. The van der Waals surface area contributed by atoms with Crippen molar-refractivity contribution in [1.82, 2.24) is 10.3 Å². The number of aromatic nitrogens is 1. The quantitative estimate of drug-likeness (QED) is 0.836. The number of nitrogens with zero attached hydrogens (tertiary/aromatic N) is 1. The third kappa shape index (κ3) is 2.63. The van der Waals surface area contributed by atoms with E-state index >= 15 is 0 Å². The van der Waals surface area contributed by atoms with E-state index in [1.807, 2.05) is 19.3 Å². The first kappa shape index (κ1) is 12.8. The van der Waals surface area contributed by atoms with Crippen LogP contribution in [0.15, 0.2) is 18.3 Å². The SMILES string of the molecule is CNCC1CCCCC1(Cl)c1cc(C)ccn1. The van der Waals surface area contributed by atoms with Crippen LogP contribution >= 0.6 is 11.6 Å². The molecule has 0 spiro atoms. The topological polar surface area (TPSA) is 24.9 Å². The lowest BCUT2D eigenvalue weighted by molar-refractivity contribution is 0.259. The van der Waals surface area contributed by atoms with Gasteiger partial charge in [0.1, 0.15) is 0 Å². The average Bonchev–Trinajstić information content (AvgIpc) is 2.32. The lowest BCUT2D eigenvalue weighted by Crippen LogP contribution is -2.39. The highest BCUT2D eigenvalue weighted by atomic mass is 35.5. The molecular formula is C14H21ClN2. The van der Waals surface area contributed by atoms with E-state index < -0.39 is 0 Å². The zero-order valence-corrected chi connectivity index (χ0v) is 11.4. The highest BCUT2D eigenvalue weighted by Crippen LogP contribution is 2.46. The molecule has 0 aromatic carbocycles. The molecule has 2 nitrogen and oxygen atoms in total. The van der Waals surface area contributed by atoms with Gasteiger partial charge < -0.3 is 5.32 Å². The van der Waals surface area contributed by atoms with Crippen molar-refractivity contribution in [1.29, 1.82) is 0 Å². The molecule has 1 aromatic rings. The summed E-state index contributed by atoms with van der Waals surface area (Å²) in [5.74, 6) is 0.484. The standard InChI is InChI=1S/C14H21ClN2/c1-11-6-8-17-13(9-11)14(15)7-4-3-5-12(14)10-16-2/h6,8-9,12,16H,3-5,7,10H2,1-2H3. The molecule has 1 aromatic heterocycles. The maximum atomic E-state index is 6.91. The Morgan fingerprint density at radius 3 is 3.06 bits per heavy atom. The number of hydrogen-bond donors (Lipinski definition) is 1. The van der Waals surface area contributed by atoms with Crippen molar-refractivity contribution in [2.75, 3.05) is 13.6 Å². The van der Waals surface area contributed by atoms with Gasteiger partial charge in [0.2, 0.25) is 0 Å². The number of alkyl halides is 1. The minimum absolute atomic E-state index is 0.271. The summed E-state index contributed by atoms with van der Waals surface area (Å²) in [7, 11) is 2.00. The van der Waals surface area contributed by atoms with E-state index in [1.54, 1.807) is 0 Å². The fourth-order valence-electron chi connectivity index (χ4n) is 2.82. The van der Waals surface area contributed by atoms with Gasteiger partial charge in [-0.2, -0.15) is 0 Å². The van der Waals surface area contributed by atoms with Gasteiger partial charge in [0.15, 0.2) is 0 Å². The smallest absolute Gasteiger partial charge is 0.0905 e. The number of hydrogen-bond acceptors (Lipinski definition) is 2. The third-order valence-electron chi connectivity index (χ3n) is 3.78. The molecule has 2 atom stereocenters. The van der Waals surface area contributed by atoms with Gasteiger partial charge in [-0.05, 0) is 57.0 Å². The van der Waals surface area contributed by atoms with E-state index in [2.05, 4.69) is 23.3 Å². The summed E-state index contributed by atoms with van der Waals surface area (Å²) in [6.45, 7) is 3.07. The van der Waals surface area contributed by atoms with Gasteiger partial charge in [0.25, 0.3) is 0 Å². The molecule has 0 amide bonds. The maximum absolute atomic E-state index is 6.91. The van der Waals surface area contributed by atoms with Gasteiger partial charge in [0, 0.05) is 6.20 Å². The van der Waals surface area contributed by atoms with Crippen LogP contribution in [0.3, 0.4) is 0 Å². The maximum Gasteiger partial charge on any atom is 0.0905 e. The Labute approximate surface area is 109 Å². The second-order valence-electron chi connectivity index (χ2n) is 5.08. The minimum atomic E-state index is -0.271. The number of nitrogens with one attached hydrogen (secondary N) is 1. The fraction of sp³-hybridized carbons (Fsp3) is 0.643. The Kier molecular flexibility index (Phi) is 4.05. The summed E-state index contributed by atoms with van der Waals surface area (Å²) in [5, 5.41) is 3.26. The minimum Gasteiger partial charge on any atom is -0.319 e. The van der Waals surface area contributed by atoms with Crippen LogP contribution in [0.1, 0.15) is 36.9 Å². The zero-order chi connectivity index (χ0) is 12.3. The largest absolute Gasteiger partial charge is 0.319 e. The van der Waals surface area contributed by atoms with E-state index in [4.69, 9.17) is 11.6 Å². The van der Waals surface area contributed by atoms with Crippen LogP contribution in [-0.4, -0.2) is 18.6 Å². The van der Waals surface area contributed by atoms with Gasteiger partial charge in [-0.15, -0.1) is 11.6 Å². The normalized spacial score (nSPS) is 29.2. The Morgan fingerprint density at radius 1 is 1.53 bits per heavy atom. The number of halogens is 1. The van der Waals surface area contributed by atoms with Crippen molar-refractivity contribution in [3.05, 3.63) is 29.6 Å².